The Bertz CT molecular complexity index is 349. The van der Waals surface area contributed by atoms with E-state index in [9.17, 15) is 9.59 Å². The smallest absolute Gasteiger partial charge is 0.326 e. The maximum absolute atomic E-state index is 11.9. The van der Waals surface area contributed by atoms with Crippen molar-refractivity contribution in [1.82, 2.24) is 10.6 Å². The van der Waals surface area contributed by atoms with Crippen LogP contribution in [0.2, 0.25) is 0 Å². The van der Waals surface area contributed by atoms with Gasteiger partial charge in [-0.25, -0.2) is 9.59 Å². The molecule has 3 N–H and O–H groups in total. The van der Waals surface area contributed by atoms with E-state index < -0.39 is 18.0 Å². The SMILES string of the molecule is CSCC[C@H](NC(=O)NC1CCOC(C)(C)C1)C(=O)O. The van der Waals surface area contributed by atoms with Gasteiger partial charge in [-0.15, -0.1) is 0 Å². The van der Waals surface area contributed by atoms with Crippen molar-refractivity contribution in [2.24, 2.45) is 0 Å². The summed E-state index contributed by atoms with van der Waals surface area (Å²) in [6, 6.07) is -1.23. The Balaban J connectivity index is 2.43. The summed E-state index contributed by atoms with van der Waals surface area (Å²) in [7, 11) is 0. The van der Waals surface area contributed by atoms with E-state index in [1.54, 1.807) is 11.8 Å². The Morgan fingerprint density at radius 2 is 2.20 bits per heavy atom. The molecule has 116 valence electrons. The average Bonchev–Trinajstić information content (AvgIpc) is 2.32. The molecule has 1 aliphatic heterocycles. The van der Waals surface area contributed by atoms with Crippen molar-refractivity contribution in [3.05, 3.63) is 0 Å². The van der Waals surface area contributed by atoms with Gasteiger partial charge in [0.2, 0.25) is 0 Å². The number of urea groups is 1. The van der Waals surface area contributed by atoms with Crippen LogP contribution < -0.4 is 10.6 Å². The van der Waals surface area contributed by atoms with Gasteiger partial charge >= 0.3 is 12.0 Å². The van der Waals surface area contributed by atoms with Crippen molar-refractivity contribution in [2.75, 3.05) is 18.6 Å². The molecule has 1 rings (SSSR count). The van der Waals surface area contributed by atoms with Gasteiger partial charge in [-0.3, -0.25) is 0 Å². The maximum atomic E-state index is 11.9. The Hall–Kier alpha value is -0.950. The summed E-state index contributed by atoms with van der Waals surface area (Å²) in [5.74, 6) is -0.303. The fourth-order valence-corrected chi connectivity index (χ4v) is 2.70. The standard InChI is InChI=1S/C13H24N2O4S/c1-13(2)8-9(4-6-19-13)14-12(18)15-10(11(16)17)5-7-20-3/h9-10H,4-8H2,1-3H3,(H,16,17)(H2,14,15,18)/t9?,10-/m0/s1. The number of thioether (sulfide) groups is 1. The third kappa shape index (κ3) is 6.00. The number of hydrogen-bond donors (Lipinski definition) is 3. The highest BCUT2D eigenvalue weighted by Gasteiger charge is 2.30. The summed E-state index contributed by atoms with van der Waals surface area (Å²) >= 11 is 1.56. The second-order valence-corrected chi connectivity index (χ2v) is 6.57. The van der Waals surface area contributed by atoms with E-state index >= 15 is 0 Å². The van der Waals surface area contributed by atoms with Crippen molar-refractivity contribution in [3.63, 3.8) is 0 Å². The first-order chi connectivity index (χ1) is 9.34. The maximum Gasteiger partial charge on any atom is 0.326 e. The number of carboxylic acid groups (broad SMARTS) is 1. The highest BCUT2D eigenvalue weighted by Crippen LogP contribution is 2.23. The summed E-state index contributed by atoms with van der Waals surface area (Å²) in [4.78, 5) is 22.9. The number of carbonyl (C=O) groups is 2. The molecule has 0 radical (unpaired) electrons. The van der Waals surface area contributed by atoms with Crippen LogP contribution in [0.3, 0.4) is 0 Å². The fraction of sp³-hybridized carbons (Fsp3) is 0.846. The molecule has 0 aromatic heterocycles. The normalized spacial score (nSPS) is 22.9. The van der Waals surface area contributed by atoms with Crippen LogP contribution in [-0.4, -0.2) is 53.4 Å². The summed E-state index contributed by atoms with van der Waals surface area (Å²) in [5.41, 5.74) is -0.249. The van der Waals surface area contributed by atoms with Crippen molar-refractivity contribution in [3.8, 4) is 0 Å². The van der Waals surface area contributed by atoms with Crippen molar-refractivity contribution >= 4 is 23.8 Å². The highest BCUT2D eigenvalue weighted by atomic mass is 32.2. The minimum absolute atomic E-state index is 0.0220. The first-order valence-electron chi connectivity index (χ1n) is 6.77. The monoisotopic (exact) mass is 304 g/mol. The van der Waals surface area contributed by atoms with Gasteiger partial charge in [-0.2, -0.15) is 11.8 Å². The lowest BCUT2D eigenvalue weighted by molar-refractivity contribution is -0.139. The molecule has 0 aliphatic carbocycles. The molecular formula is C13H24N2O4S. The number of ether oxygens (including phenoxy) is 1. The van der Waals surface area contributed by atoms with Crippen LogP contribution in [-0.2, 0) is 9.53 Å². The quantitative estimate of drug-likeness (QED) is 0.691. The number of amides is 2. The summed E-state index contributed by atoms with van der Waals surface area (Å²) in [5, 5.41) is 14.4. The molecule has 0 saturated carbocycles. The Kier molecular flexibility index (Phi) is 6.61. The molecule has 2 amide bonds. The molecule has 1 aliphatic rings. The van der Waals surface area contributed by atoms with Gasteiger partial charge in [0.15, 0.2) is 0 Å². The zero-order chi connectivity index (χ0) is 15.2. The number of hydrogen-bond acceptors (Lipinski definition) is 4. The van der Waals surface area contributed by atoms with Crippen molar-refractivity contribution in [1.29, 1.82) is 0 Å². The fourth-order valence-electron chi connectivity index (χ4n) is 2.23. The molecular weight excluding hydrogens is 280 g/mol. The van der Waals surface area contributed by atoms with Gasteiger partial charge in [0, 0.05) is 12.6 Å². The average molecular weight is 304 g/mol. The predicted molar refractivity (Wildman–Crippen MR) is 79.1 cm³/mol. The highest BCUT2D eigenvalue weighted by molar-refractivity contribution is 7.98. The van der Waals surface area contributed by atoms with E-state index in [1.807, 2.05) is 20.1 Å². The molecule has 7 heteroatoms. The minimum Gasteiger partial charge on any atom is -0.480 e. The molecule has 0 spiro atoms. The summed E-state index contributed by atoms with van der Waals surface area (Å²) < 4.78 is 5.58. The van der Waals surface area contributed by atoms with Crippen LogP contribution in [0.4, 0.5) is 4.79 Å². The van der Waals surface area contributed by atoms with Gasteiger partial charge in [0.05, 0.1) is 5.60 Å². The van der Waals surface area contributed by atoms with E-state index in [4.69, 9.17) is 9.84 Å². The Labute approximate surface area is 124 Å². The second kappa shape index (κ2) is 7.73. The van der Waals surface area contributed by atoms with Crippen molar-refractivity contribution in [2.45, 2.75) is 50.8 Å². The van der Waals surface area contributed by atoms with E-state index in [0.717, 1.165) is 12.8 Å². The van der Waals surface area contributed by atoms with Crippen LogP contribution in [0.5, 0.6) is 0 Å². The molecule has 2 atom stereocenters. The van der Waals surface area contributed by atoms with E-state index in [0.29, 0.717) is 18.8 Å². The zero-order valence-corrected chi connectivity index (χ0v) is 13.1. The van der Waals surface area contributed by atoms with E-state index in [1.165, 1.54) is 0 Å². The third-order valence-corrected chi connectivity index (χ3v) is 3.89. The van der Waals surface area contributed by atoms with Crippen LogP contribution in [0.25, 0.3) is 0 Å². The molecule has 1 saturated heterocycles. The Morgan fingerprint density at radius 1 is 1.50 bits per heavy atom. The lowest BCUT2D eigenvalue weighted by Gasteiger charge is -2.35. The Morgan fingerprint density at radius 3 is 2.75 bits per heavy atom. The first-order valence-corrected chi connectivity index (χ1v) is 8.16. The van der Waals surface area contributed by atoms with E-state index in [-0.39, 0.29) is 11.6 Å². The number of rotatable bonds is 6. The largest absolute Gasteiger partial charge is 0.480 e. The summed E-state index contributed by atoms with van der Waals surface area (Å²) in [6.45, 7) is 4.57. The lowest BCUT2D eigenvalue weighted by atomic mass is 9.94. The van der Waals surface area contributed by atoms with E-state index in [2.05, 4.69) is 10.6 Å². The molecule has 0 aromatic rings. The lowest BCUT2D eigenvalue weighted by Crippen LogP contribution is -2.52. The molecule has 20 heavy (non-hydrogen) atoms. The van der Waals surface area contributed by atoms with Gasteiger partial charge in [-0.05, 0) is 45.1 Å². The second-order valence-electron chi connectivity index (χ2n) is 5.59. The minimum atomic E-state index is -0.999. The van der Waals surface area contributed by atoms with Gasteiger partial charge in [0.25, 0.3) is 0 Å². The van der Waals surface area contributed by atoms with Crippen LogP contribution in [0.15, 0.2) is 0 Å². The molecule has 1 unspecified atom stereocenters. The van der Waals surface area contributed by atoms with Crippen molar-refractivity contribution < 1.29 is 19.4 Å². The van der Waals surface area contributed by atoms with Gasteiger partial charge in [0.1, 0.15) is 6.04 Å². The number of carbonyl (C=O) groups excluding carboxylic acids is 1. The molecule has 0 aromatic carbocycles. The molecule has 0 bridgehead atoms. The van der Waals surface area contributed by atoms with Gasteiger partial charge in [-0.1, -0.05) is 0 Å². The van der Waals surface area contributed by atoms with Crippen LogP contribution in [0.1, 0.15) is 33.1 Å². The van der Waals surface area contributed by atoms with Crippen LogP contribution in [0, 0.1) is 0 Å². The first kappa shape index (κ1) is 17.1. The molecule has 6 nitrogen and oxygen atoms in total. The zero-order valence-electron chi connectivity index (χ0n) is 12.3. The molecule has 1 fully saturated rings. The summed E-state index contributed by atoms with van der Waals surface area (Å²) in [6.07, 6.45) is 3.80. The van der Waals surface area contributed by atoms with Gasteiger partial charge < -0.3 is 20.5 Å². The number of carboxylic acids is 1. The third-order valence-electron chi connectivity index (χ3n) is 3.25. The van der Waals surface area contributed by atoms with Crippen LogP contribution >= 0.6 is 11.8 Å². The number of nitrogens with one attached hydrogen (secondary N) is 2. The topological polar surface area (TPSA) is 87.7 Å². The predicted octanol–water partition coefficient (Wildman–Crippen LogP) is 1.45. The number of aliphatic carboxylic acids is 1. The molecule has 1 heterocycles.